The van der Waals surface area contributed by atoms with Gasteiger partial charge in [0.2, 0.25) is 5.91 Å². The number of unbranched alkanes of at least 4 members (excludes halogenated alkanes) is 5. The first-order valence-electron chi connectivity index (χ1n) is 16.7. The second-order valence-electron chi connectivity index (χ2n) is 13.3. The molecule has 0 aliphatic carbocycles. The Morgan fingerprint density at radius 3 is 1.66 bits per heavy atom. The van der Waals surface area contributed by atoms with Crippen molar-refractivity contribution in [1.82, 2.24) is 4.90 Å². The molecule has 8 heteroatoms. The molecule has 8 nitrogen and oxygen atoms in total. The van der Waals surface area contributed by atoms with E-state index in [4.69, 9.17) is 19.3 Å². The summed E-state index contributed by atoms with van der Waals surface area (Å²) in [6.45, 7) is 5.32. The summed E-state index contributed by atoms with van der Waals surface area (Å²) in [6.07, 6.45) is 5.98. The van der Waals surface area contributed by atoms with Crippen LogP contribution in [0, 0.1) is 10.8 Å². The normalized spacial score (nSPS) is 19.5. The van der Waals surface area contributed by atoms with Gasteiger partial charge in [0.15, 0.2) is 0 Å². The number of carbonyl (C=O) groups excluding carboxylic acids is 1. The maximum absolute atomic E-state index is 13.4. The Morgan fingerprint density at radius 2 is 1.17 bits per heavy atom. The minimum absolute atomic E-state index is 0.0730. The molecule has 1 fully saturated rings. The zero-order chi connectivity index (χ0) is 33.9. The lowest BCUT2D eigenvalue weighted by atomic mass is 9.68. The predicted octanol–water partition coefficient (Wildman–Crippen LogP) is 7.06. The zero-order valence-electron chi connectivity index (χ0n) is 28.4. The molecule has 0 spiro atoms. The van der Waals surface area contributed by atoms with Crippen LogP contribution < -0.4 is 9.47 Å². The number of methoxy groups -OCH3 is 2. The lowest BCUT2D eigenvalue weighted by molar-refractivity contribution is -0.137. The van der Waals surface area contributed by atoms with E-state index in [9.17, 15) is 14.7 Å². The highest BCUT2D eigenvalue weighted by Crippen LogP contribution is 2.49. The number of benzene rings is 3. The highest BCUT2D eigenvalue weighted by molar-refractivity contribution is 5.76. The van der Waals surface area contributed by atoms with E-state index >= 15 is 0 Å². The van der Waals surface area contributed by atoms with Crippen LogP contribution >= 0.6 is 0 Å². The molecule has 2 atom stereocenters. The number of likely N-dealkylation sites (tertiary alicyclic amines) is 1. The van der Waals surface area contributed by atoms with Crippen LogP contribution in [-0.4, -0.2) is 67.5 Å². The molecule has 4 rings (SSSR count). The van der Waals surface area contributed by atoms with Gasteiger partial charge in [-0.25, -0.2) is 0 Å². The predicted molar refractivity (Wildman–Crippen MR) is 183 cm³/mol. The van der Waals surface area contributed by atoms with Gasteiger partial charge in [-0.05, 0) is 53.8 Å². The zero-order valence-corrected chi connectivity index (χ0v) is 28.4. The number of aliphatic hydroxyl groups excluding tert-OH is 1. The van der Waals surface area contributed by atoms with Gasteiger partial charge in [0.1, 0.15) is 17.1 Å². The molecular formula is C39H51NO7. The maximum atomic E-state index is 13.4. The van der Waals surface area contributed by atoms with E-state index in [1.54, 1.807) is 14.2 Å². The number of hydrogen-bond acceptors (Lipinski definition) is 6. The minimum atomic E-state index is -0.999. The molecule has 1 aliphatic heterocycles. The van der Waals surface area contributed by atoms with Crippen LogP contribution in [0.25, 0.3) is 0 Å². The van der Waals surface area contributed by atoms with Gasteiger partial charge >= 0.3 is 5.97 Å². The SMILES string of the molecule is COc1ccc(C(OCC2(C)CN(C(=O)CCCCCCCCC(=O)O)CC2(C)CO)(c2ccccc2)c2ccc(OC)cc2)cc1. The van der Waals surface area contributed by atoms with Gasteiger partial charge in [0, 0.05) is 36.8 Å². The summed E-state index contributed by atoms with van der Waals surface area (Å²) < 4.78 is 18.2. The van der Waals surface area contributed by atoms with Crippen molar-refractivity contribution in [1.29, 1.82) is 0 Å². The lowest BCUT2D eigenvalue weighted by Gasteiger charge is -2.43. The van der Waals surface area contributed by atoms with E-state index in [-0.39, 0.29) is 25.5 Å². The largest absolute Gasteiger partial charge is 0.497 e. The molecule has 2 unspecified atom stereocenters. The molecule has 1 heterocycles. The third kappa shape index (κ3) is 8.35. The van der Waals surface area contributed by atoms with E-state index < -0.39 is 22.4 Å². The second kappa shape index (κ2) is 16.3. The topological polar surface area (TPSA) is 106 Å². The van der Waals surface area contributed by atoms with Gasteiger partial charge < -0.3 is 29.3 Å². The van der Waals surface area contributed by atoms with Crippen molar-refractivity contribution in [2.75, 3.05) is 40.5 Å². The Hall–Kier alpha value is -3.88. The molecule has 3 aromatic carbocycles. The first-order chi connectivity index (χ1) is 22.6. The molecule has 1 amide bonds. The van der Waals surface area contributed by atoms with Gasteiger partial charge in [-0.15, -0.1) is 0 Å². The van der Waals surface area contributed by atoms with Crippen molar-refractivity contribution in [2.24, 2.45) is 10.8 Å². The van der Waals surface area contributed by atoms with Crippen molar-refractivity contribution >= 4 is 11.9 Å². The number of hydrogen-bond donors (Lipinski definition) is 2. The number of aliphatic carboxylic acids is 1. The number of carboxylic acid groups (broad SMARTS) is 1. The van der Waals surface area contributed by atoms with E-state index in [2.05, 4.69) is 19.1 Å². The summed E-state index contributed by atoms with van der Waals surface area (Å²) >= 11 is 0. The molecular weight excluding hydrogens is 594 g/mol. The van der Waals surface area contributed by atoms with Crippen molar-refractivity contribution in [3.63, 3.8) is 0 Å². The summed E-state index contributed by atoms with van der Waals surface area (Å²) in [7, 11) is 3.29. The van der Waals surface area contributed by atoms with Gasteiger partial charge in [-0.3, -0.25) is 9.59 Å². The number of rotatable bonds is 18. The van der Waals surface area contributed by atoms with Crippen LogP contribution in [0.2, 0.25) is 0 Å². The number of ether oxygens (including phenoxy) is 3. The van der Waals surface area contributed by atoms with Gasteiger partial charge in [-0.2, -0.15) is 0 Å². The lowest BCUT2D eigenvalue weighted by Crippen LogP contribution is -2.46. The molecule has 3 aromatic rings. The van der Waals surface area contributed by atoms with Gasteiger partial charge in [0.25, 0.3) is 0 Å². The highest BCUT2D eigenvalue weighted by atomic mass is 16.5. The van der Waals surface area contributed by atoms with Crippen LogP contribution in [0.3, 0.4) is 0 Å². The fourth-order valence-corrected chi connectivity index (χ4v) is 6.68. The Bertz CT molecular complexity index is 1380. The number of aliphatic hydroxyl groups is 1. The molecule has 0 aromatic heterocycles. The molecule has 47 heavy (non-hydrogen) atoms. The van der Waals surface area contributed by atoms with Crippen molar-refractivity contribution in [3.05, 3.63) is 95.6 Å². The summed E-state index contributed by atoms with van der Waals surface area (Å²) in [4.78, 5) is 26.1. The Balaban J connectivity index is 1.57. The smallest absolute Gasteiger partial charge is 0.303 e. The van der Waals surface area contributed by atoms with Crippen LogP contribution in [0.4, 0.5) is 0 Å². The Morgan fingerprint density at radius 1 is 0.702 bits per heavy atom. The quantitative estimate of drug-likeness (QED) is 0.113. The van der Waals surface area contributed by atoms with E-state index in [0.717, 1.165) is 60.3 Å². The number of carboxylic acids is 1. The third-order valence-corrected chi connectivity index (χ3v) is 10.1. The average molecular weight is 646 g/mol. The number of carbonyl (C=O) groups is 2. The molecule has 0 radical (unpaired) electrons. The molecule has 0 saturated carbocycles. The fourth-order valence-electron chi connectivity index (χ4n) is 6.68. The van der Waals surface area contributed by atoms with Gasteiger partial charge in [0.05, 0.1) is 27.4 Å². The second-order valence-corrected chi connectivity index (χ2v) is 13.3. The first kappa shape index (κ1) is 36.0. The van der Waals surface area contributed by atoms with Crippen molar-refractivity contribution in [2.45, 2.75) is 70.8 Å². The van der Waals surface area contributed by atoms with Gasteiger partial charge in [-0.1, -0.05) is 94.1 Å². The number of amides is 1. The van der Waals surface area contributed by atoms with E-state index in [0.29, 0.717) is 25.9 Å². The van der Waals surface area contributed by atoms with Crippen LogP contribution in [-0.2, 0) is 19.9 Å². The standard InChI is InChI=1S/C39H51NO7/c1-37(28-41)26-40(35(42)16-12-7-5-6-8-13-17-36(43)44)27-38(37,2)29-47-39(30-14-10-9-11-15-30,31-18-22-33(45-3)23-19-31)32-20-24-34(46-4)25-21-32/h9-11,14-15,18-25,41H,5-8,12-13,16-17,26-29H2,1-4H3,(H,43,44). The average Bonchev–Trinajstić information content (AvgIpc) is 3.37. The molecule has 254 valence electrons. The fraction of sp³-hybridized carbons (Fsp3) is 0.487. The summed E-state index contributed by atoms with van der Waals surface area (Å²) in [5.41, 5.74) is 0.700. The highest BCUT2D eigenvalue weighted by Gasteiger charge is 2.54. The van der Waals surface area contributed by atoms with Crippen molar-refractivity contribution < 1.29 is 34.0 Å². The first-order valence-corrected chi connectivity index (χ1v) is 16.7. The van der Waals surface area contributed by atoms with Crippen LogP contribution in [0.5, 0.6) is 11.5 Å². The third-order valence-electron chi connectivity index (χ3n) is 10.1. The Kier molecular flexibility index (Phi) is 12.5. The van der Waals surface area contributed by atoms with Crippen molar-refractivity contribution in [3.8, 4) is 11.5 Å². The summed E-state index contributed by atoms with van der Waals surface area (Å²) in [5.74, 6) is 0.835. The molecule has 1 saturated heterocycles. The summed E-state index contributed by atoms with van der Waals surface area (Å²) in [5, 5.41) is 19.6. The summed E-state index contributed by atoms with van der Waals surface area (Å²) in [6, 6.07) is 26.0. The van der Waals surface area contributed by atoms with E-state index in [1.165, 1.54) is 0 Å². The molecule has 2 N–H and O–H groups in total. The monoisotopic (exact) mass is 645 g/mol. The Labute approximate surface area is 279 Å². The minimum Gasteiger partial charge on any atom is -0.497 e. The molecule has 1 aliphatic rings. The van der Waals surface area contributed by atoms with Crippen LogP contribution in [0.1, 0.15) is 81.9 Å². The van der Waals surface area contributed by atoms with E-state index in [1.807, 2.05) is 78.6 Å². The van der Waals surface area contributed by atoms with Crippen LogP contribution in [0.15, 0.2) is 78.9 Å². The number of nitrogens with zero attached hydrogens (tertiary/aromatic N) is 1. The molecule has 0 bridgehead atoms. The maximum Gasteiger partial charge on any atom is 0.303 e.